The highest BCUT2D eigenvalue weighted by Crippen LogP contribution is 2.53. The highest BCUT2D eigenvalue weighted by Gasteiger charge is 2.46. The van der Waals surface area contributed by atoms with Crippen LogP contribution in [0.15, 0.2) is 34.9 Å². The number of rotatable bonds is 1. The number of nitrogen functional groups attached to an aromatic ring is 1. The Kier molecular flexibility index (Phi) is 2.84. The van der Waals surface area contributed by atoms with Crippen molar-refractivity contribution in [1.29, 1.82) is 0 Å². The van der Waals surface area contributed by atoms with Gasteiger partial charge in [-0.1, -0.05) is 6.92 Å². The van der Waals surface area contributed by atoms with Crippen molar-refractivity contribution in [2.45, 2.75) is 57.5 Å². The molecule has 0 fully saturated rings. The Labute approximate surface area is 132 Å². The molecule has 1 aromatic heterocycles. The summed E-state index contributed by atoms with van der Waals surface area (Å²) >= 11 is 0. The van der Waals surface area contributed by atoms with Crippen LogP contribution in [0.4, 0.5) is 11.4 Å². The Bertz CT molecular complexity index is 716. The van der Waals surface area contributed by atoms with E-state index in [4.69, 9.17) is 10.2 Å². The second-order valence-corrected chi connectivity index (χ2v) is 7.27. The van der Waals surface area contributed by atoms with Crippen molar-refractivity contribution in [1.82, 2.24) is 0 Å². The molecule has 0 saturated heterocycles. The number of anilines is 2. The van der Waals surface area contributed by atoms with Crippen molar-refractivity contribution in [3.05, 3.63) is 47.4 Å². The molecule has 0 spiro atoms. The second-order valence-electron chi connectivity index (χ2n) is 7.27. The van der Waals surface area contributed by atoms with Gasteiger partial charge in [0.15, 0.2) is 0 Å². The average Bonchev–Trinajstić information content (AvgIpc) is 3.03. The van der Waals surface area contributed by atoms with Gasteiger partial charge in [0, 0.05) is 34.8 Å². The van der Waals surface area contributed by atoms with Crippen LogP contribution >= 0.6 is 0 Å². The fourth-order valence-electron chi connectivity index (χ4n) is 4.34. The zero-order valence-corrected chi connectivity index (χ0v) is 13.6. The number of fused-ring (bicyclic) bond motifs is 2. The number of hydrogen-bond donors (Lipinski definition) is 1. The molecule has 2 N–H and O–H groups in total. The second kappa shape index (κ2) is 4.55. The van der Waals surface area contributed by atoms with Crippen LogP contribution in [0.5, 0.6) is 0 Å². The Morgan fingerprint density at radius 3 is 2.86 bits per heavy atom. The van der Waals surface area contributed by atoms with Gasteiger partial charge in [0.25, 0.3) is 0 Å². The Balaban J connectivity index is 1.86. The van der Waals surface area contributed by atoms with Gasteiger partial charge in [-0.15, -0.1) is 0 Å². The van der Waals surface area contributed by atoms with Crippen LogP contribution in [0.2, 0.25) is 0 Å². The quantitative estimate of drug-likeness (QED) is 0.779. The van der Waals surface area contributed by atoms with Gasteiger partial charge in [0.05, 0.1) is 12.3 Å². The Hall–Kier alpha value is -1.90. The van der Waals surface area contributed by atoms with Crippen molar-refractivity contribution < 1.29 is 4.42 Å². The van der Waals surface area contributed by atoms with Gasteiger partial charge in [0.2, 0.25) is 0 Å². The van der Waals surface area contributed by atoms with E-state index in [-0.39, 0.29) is 5.54 Å². The lowest BCUT2D eigenvalue weighted by Gasteiger charge is -2.44. The summed E-state index contributed by atoms with van der Waals surface area (Å²) < 4.78 is 5.70. The fourth-order valence-corrected chi connectivity index (χ4v) is 4.34. The standard InChI is InChI=1S/C19H24N2O/c1-12-15-11-13(20)7-8-17(15)21(19(12,2)3)16-5-4-6-18-14(16)9-10-22-18/h7-12,16H,4-6,20H2,1-3H3. The van der Waals surface area contributed by atoms with Crippen molar-refractivity contribution >= 4 is 11.4 Å². The van der Waals surface area contributed by atoms with Gasteiger partial charge in [-0.2, -0.15) is 0 Å². The lowest BCUT2D eigenvalue weighted by molar-refractivity contribution is 0.355. The van der Waals surface area contributed by atoms with E-state index in [0.717, 1.165) is 12.1 Å². The van der Waals surface area contributed by atoms with Crippen LogP contribution < -0.4 is 10.6 Å². The smallest absolute Gasteiger partial charge is 0.109 e. The number of aryl methyl sites for hydroxylation is 1. The van der Waals surface area contributed by atoms with Crippen molar-refractivity contribution in [3.63, 3.8) is 0 Å². The summed E-state index contributed by atoms with van der Waals surface area (Å²) in [6, 6.07) is 8.95. The molecule has 22 heavy (non-hydrogen) atoms. The van der Waals surface area contributed by atoms with E-state index in [0.29, 0.717) is 12.0 Å². The maximum absolute atomic E-state index is 6.03. The SMILES string of the molecule is CC1c2cc(N)ccc2N(C2CCCc3occc32)C1(C)C. The topological polar surface area (TPSA) is 42.4 Å². The molecule has 2 unspecified atom stereocenters. The van der Waals surface area contributed by atoms with E-state index in [2.05, 4.69) is 43.9 Å². The van der Waals surface area contributed by atoms with E-state index >= 15 is 0 Å². The zero-order valence-electron chi connectivity index (χ0n) is 13.6. The number of nitrogens with two attached hydrogens (primary N) is 1. The molecule has 2 heterocycles. The lowest BCUT2D eigenvalue weighted by atomic mass is 9.84. The molecule has 0 radical (unpaired) electrons. The molecule has 1 aromatic carbocycles. The van der Waals surface area contributed by atoms with Crippen LogP contribution in [0.25, 0.3) is 0 Å². The first-order chi connectivity index (χ1) is 10.5. The monoisotopic (exact) mass is 296 g/mol. The fraction of sp³-hybridized carbons (Fsp3) is 0.474. The molecule has 1 aliphatic carbocycles. The highest BCUT2D eigenvalue weighted by molar-refractivity contribution is 5.68. The first-order valence-electron chi connectivity index (χ1n) is 8.25. The average molecular weight is 296 g/mol. The van der Waals surface area contributed by atoms with Crippen LogP contribution in [-0.4, -0.2) is 5.54 Å². The molecule has 2 aliphatic rings. The summed E-state index contributed by atoms with van der Waals surface area (Å²) in [5.41, 5.74) is 11.1. The minimum Gasteiger partial charge on any atom is -0.469 e. The van der Waals surface area contributed by atoms with Gasteiger partial charge in [0.1, 0.15) is 5.76 Å². The molecule has 0 saturated carbocycles. The van der Waals surface area contributed by atoms with E-state index in [9.17, 15) is 0 Å². The largest absolute Gasteiger partial charge is 0.469 e. The minimum absolute atomic E-state index is 0.0761. The van der Waals surface area contributed by atoms with E-state index < -0.39 is 0 Å². The summed E-state index contributed by atoms with van der Waals surface area (Å²) in [5, 5.41) is 0. The van der Waals surface area contributed by atoms with Gasteiger partial charge < -0.3 is 15.1 Å². The molecule has 116 valence electrons. The predicted molar refractivity (Wildman–Crippen MR) is 90.2 cm³/mol. The summed E-state index contributed by atoms with van der Waals surface area (Å²) in [7, 11) is 0. The third kappa shape index (κ3) is 1.74. The molecule has 2 atom stereocenters. The lowest BCUT2D eigenvalue weighted by Crippen LogP contribution is -2.45. The zero-order chi connectivity index (χ0) is 15.5. The molecule has 3 heteroatoms. The molecule has 4 rings (SSSR count). The summed E-state index contributed by atoms with van der Waals surface area (Å²) in [6.45, 7) is 7.02. The normalized spacial score (nSPS) is 25.9. The molecule has 0 bridgehead atoms. The first kappa shape index (κ1) is 13.7. The maximum Gasteiger partial charge on any atom is 0.109 e. The molecule has 1 aliphatic heterocycles. The first-order valence-corrected chi connectivity index (χ1v) is 8.25. The van der Waals surface area contributed by atoms with Crippen molar-refractivity contribution in [2.24, 2.45) is 0 Å². The molecular weight excluding hydrogens is 272 g/mol. The van der Waals surface area contributed by atoms with Crippen LogP contribution in [0, 0.1) is 0 Å². The summed E-state index contributed by atoms with van der Waals surface area (Å²) in [6.07, 6.45) is 5.29. The van der Waals surface area contributed by atoms with E-state index in [1.807, 2.05) is 12.3 Å². The van der Waals surface area contributed by atoms with Crippen LogP contribution in [0.3, 0.4) is 0 Å². The van der Waals surface area contributed by atoms with Crippen molar-refractivity contribution in [3.8, 4) is 0 Å². The predicted octanol–water partition coefficient (Wildman–Crippen LogP) is 4.64. The number of benzene rings is 1. The Morgan fingerprint density at radius 2 is 2.05 bits per heavy atom. The third-order valence-electron chi connectivity index (χ3n) is 5.79. The summed E-state index contributed by atoms with van der Waals surface area (Å²) in [5.74, 6) is 1.63. The molecule has 0 amide bonds. The highest BCUT2D eigenvalue weighted by atomic mass is 16.3. The summed E-state index contributed by atoms with van der Waals surface area (Å²) in [4.78, 5) is 2.61. The van der Waals surface area contributed by atoms with Crippen molar-refractivity contribution in [2.75, 3.05) is 10.6 Å². The van der Waals surface area contributed by atoms with Gasteiger partial charge >= 0.3 is 0 Å². The number of nitrogens with zero attached hydrogens (tertiary/aromatic N) is 1. The van der Waals surface area contributed by atoms with Crippen LogP contribution in [-0.2, 0) is 6.42 Å². The third-order valence-corrected chi connectivity index (χ3v) is 5.79. The van der Waals surface area contributed by atoms with E-state index in [1.54, 1.807) is 0 Å². The molecule has 3 nitrogen and oxygen atoms in total. The molecular formula is C19H24N2O. The Morgan fingerprint density at radius 1 is 1.23 bits per heavy atom. The van der Waals surface area contributed by atoms with Crippen LogP contribution in [0.1, 0.15) is 62.5 Å². The van der Waals surface area contributed by atoms with Gasteiger partial charge in [-0.25, -0.2) is 0 Å². The van der Waals surface area contributed by atoms with Gasteiger partial charge in [-0.3, -0.25) is 0 Å². The maximum atomic E-state index is 6.03. The molecule has 2 aromatic rings. The van der Waals surface area contributed by atoms with E-state index in [1.165, 1.54) is 35.4 Å². The number of furan rings is 1. The minimum atomic E-state index is 0.0761. The van der Waals surface area contributed by atoms with Gasteiger partial charge in [-0.05, 0) is 56.5 Å². The number of hydrogen-bond acceptors (Lipinski definition) is 3.